The third-order valence-electron chi connectivity index (χ3n) is 5.65. The second-order valence-corrected chi connectivity index (χ2v) is 11.2. The van der Waals surface area contributed by atoms with Crippen molar-refractivity contribution in [1.29, 1.82) is 0 Å². The molecule has 0 aliphatic carbocycles. The van der Waals surface area contributed by atoms with Gasteiger partial charge in [-0.25, -0.2) is 8.42 Å². The molecule has 2 amide bonds. The molecule has 3 rings (SSSR count). The molecule has 0 aromatic heterocycles. The first-order valence-corrected chi connectivity index (χ1v) is 13.3. The molecule has 0 atom stereocenters. The molecule has 3 aromatic rings. The highest BCUT2D eigenvalue weighted by Gasteiger charge is 2.29. The first-order valence-electron chi connectivity index (χ1n) is 11.8. The third-order valence-corrected chi connectivity index (χ3v) is 7.42. The van der Waals surface area contributed by atoms with E-state index in [-0.39, 0.29) is 16.7 Å². The molecule has 0 radical (unpaired) electrons. The summed E-state index contributed by atoms with van der Waals surface area (Å²) in [5.74, 6) is -0.595. The summed E-state index contributed by atoms with van der Waals surface area (Å²) in [5.41, 5.74) is 3.57. The number of nitrogens with zero attached hydrogens (tertiary/aromatic N) is 1. The Labute approximate surface area is 213 Å². The lowest BCUT2D eigenvalue weighted by molar-refractivity contribution is -0.114. The van der Waals surface area contributed by atoms with E-state index in [9.17, 15) is 18.0 Å². The highest BCUT2D eigenvalue weighted by molar-refractivity contribution is 7.92. The Hall–Kier alpha value is -3.65. The number of para-hydroxylation sites is 1. The number of aryl methyl sites for hydroxylation is 3. The van der Waals surface area contributed by atoms with Crippen LogP contribution in [-0.2, 0) is 14.8 Å². The summed E-state index contributed by atoms with van der Waals surface area (Å²) in [5, 5.41) is 5.59. The van der Waals surface area contributed by atoms with Crippen molar-refractivity contribution in [3.05, 3.63) is 89.0 Å². The zero-order valence-corrected chi connectivity index (χ0v) is 22.1. The van der Waals surface area contributed by atoms with E-state index in [1.807, 2.05) is 39.8 Å². The van der Waals surface area contributed by atoms with Crippen LogP contribution < -0.4 is 14.9 Å². The van der Waals surface area contributed by atoms with Crippen LogP contribution >= 0.6 is 0 Å². The van der Waals surface area contributed by atoms with E-state index in [0.29, 0.717) is 23.5 Å². The molecule has 0 saturated carbocycles. The zero-order valence-electron chi connectivity index (χ0n) is 21.3. The summed E-state index contributed by atoms with van der Waals surface area (Å²) >= 11 is 0. The molecule has 36 heavy (non-hydrogen) atoms. The van der Waals surface area contributed by atoms with Crippen LogP contribution in [0.1, 0.15) is 40.9 Å². The van der Waals surface area contributed by atoms with Crippen molar-refractivity contribution in [2.75, 3.05) is 22.7 Å². The van der Waals surface area contributed by atoms with Crippen molar-refractivity contribution in [3.63, 3.8) is 0 Å². The van der Waals surface area contributed by atoms with Crippen LogP contribution in [0.3, 0.4) is 0 Å². The summed E-state index contributed by atoms with van der Waals surface area (Å²) in [7, 11) is -4.05. The van der Waals surface area contributed by atoms with Crippen LogP contribution in [-0.4, -0.2) is 33.3 Å². The molecule has 0 bridgehead atoms. The van der Waals surface area contributed by atoms with Gasteiger partial charge >= 0.3 is 0 Å². The molecule has 0 aliphatic heterocycles. The number of carbonyl (C=O) groups excluding carboxylic acids is 2. The third kappa shape index (κ3) is 6.51. The number of sulfonamides is 1. The monoisotopic (exact) mass is 507 g/mol. The fourth-order valence-corrected chi connectivity index (χ4v) is 5.10. The second-order valence-electron chi connectivity index (χ2n) is 9.31. The second kappa shape index (κ2) is 11.4. The maximum absolute atomic E-state index is 13.7. The molecule has 190 valence electrons. The Morgan fingerprint density at radius 2 is 1.53 bits per heavy atom. The maximum Gasteiger partial charge on any atom is 0.264 e. The van der Waals surface area contributed by atoms with Crippen LogP contribution in [0, 0.1) is 26.7 Å². The van der Waals surface area contributed by atoms with Crippen molar-refractivity contribution in [2.45, 2.75) is 39.5 Å². The minimum atomic E-state index is -4.05. The van der Waals surface area contributed by atoms with Gasteiger partial charge < -0.3 is 10.6 Å². The number of carbonyl (C=O) groups is 2. The molecule has 0 saturated heterocycles. The fraction of sp³-hybridized carbons (Fsp3) is 0.286. The molecule has 0 unspecified atom stereocenters. The predicted octanol–water partition coefficient (Wildman–Crippen LogP) is 4.83. The lowest BCUT2D eigenvalue weighted by Gasteiger charge is -2.26. The van der Waals surface area contributed by atoms with Crippen LogP contribution in [0.4, 0.5) is 11.4 Å². The number of amides is 2. The quantitative estimate of drug-likeness (QED) is 0.434. The lowest BCUT2D eigenvalue weighted by atomic mass is 10.1. The highest BCUT2D eigenvalue weighted by atomic mass is 32.2. The Balaban J connectivity index is 1.94. The molecule has 8 heteroatoms. The van der Waals surface area contributed by atoms with E-state index in [1.165, 1.54) is 12.1 Å². The molecular weight excluding hydrogens is 474 g/mol. The standard InChI is InChI=1S/C28H33N3O4S/c1-19(2)17-29-28(33)24-8-6-7-9-25(24)30-27(32)18-31(26-16-21(4)10-13-22(26)5)36(34,35)23-14-11-20(3)12-15-23/h6-16,19H,17-18H2,1-5H3,(H,29,33)(H,30,32). The Morgan fingerprint density at radius 3 is 2.19 bits per heavy atom. The van der Waals surface area contributed by atoms with Gasteiger partial charge in [0.1, 0.15) is 6.54 Å². The molecule has 7 nitrogen and oxygen atoms in total. The first-order chi connectivity index (χ1) is 17.0. The summed E-state index contributed by atoms with van der Waals surface area (Å²) in [4.78, 5) is 26.0. The highest BCUT2D eigenvalue weighted by Crippen LogP contribution is 2.28. The van der Waals surface area contributed by atoms with E-state index >= 15 is 0 Å². The average Bonchev–Trinajstić information content (AvgIpc) is 2.83. The van der Waals surface area contributed by atoms with Crippen molar-refractivity contribution in [1.82, 2.24) is 5.32 Å². The molecule has 2 N–H and O–H groups in total. The summed E-state index contributed by atoms with van der Waals surface area (Å²) in [6.07, 6.45) is 0. The number of hydrogen-bond acceptors (Lipinski definition) is 4. The van der Waals surface area contributed by atoms with E-state index in [0.717, 1.165) is 21.0 Å². The zero-order chi connectivity index (χ0) is 26.5. The van der Waals surface area contributed by atoms with Crippen LogP contribution in [0.15, 0.2) is 71.6 Å². The minimum absolute atomic E-state index is 0.0928. The van der Waals surface area contributed by atoms with Gasteiger partial charge in [0.05, 0.1) is 21.8 Å². The SMILES string of the molecule is Cc1ccc(S(=O)(=O)N(CC(=O)Nc2ccccc2C(=O)NCC(C)C)c2cc(C)ccc2C)cc1. The van der Waals surface area contributed by atoms with Crippen molar-refractivity contribution in [3.8, 4) is 0 Å². The predicted molar refractivity (Wildman–Crippen MR) is 144 cm³/mol. The van der Waals surface area contributed by atoms with Gasteiger partial charge in [-0.05, 0) is 68.1 Å². The number of nitrogens with one attached hydrogen (secondary N) is 2. The van der Waals surface area contributed by atoms with Gasteiger partial charge in [0, 0.05) is 6.54 Å². The van der Waals surface area contributed by atoms with E-state index in [1.54, 1.807) is 49.4 Å². The van der Waals surface area contributed by atoms with E-state index in [2.05, 4.69) is 10.6 Å². The van der Waals surface area contributed by atoms with Crippen molar-refractivity contribution < 1.29 is 18.0 Å². The molecule has 3 aromatic carbocycles. The van der Waals surface area contributed by atoms with Gasteiger partial charge in [0.2, 0.25) is 5.91 Å². The number of hydrogen-bond donors (Lipinski definition) is 2. The van der Waals surface area contributed by atoms with E-state index < -0.39 is 22.5 Å². The molecule has 0 spiro atoms. The Morgan fingerprint density at radius 1 is 0.889 bits per heavy atom. The first kappa shape index (κ1) is 26.9. The van der Waals surface area contributed by atoms with Crippen molar-refractivity contribution in [2.24, 2.45) is 5.92 Å². The van der Waals surface area contributed by atoms with Gasteiger partial charge in [-0.1, -0.05) is 55.8 Å². The summed E-state index contributed by atoms with van der Waals surface area (Å²) in [6, 6.07) is 18.7. The summed E-state index contributed by atoms with van der Waals surface area (Å²) < 4.78 is 28.5. The van der Waals surface area contributed by atoms with Crippen LogP contribution in [0.25, 0.3) is 0 Å². The van der Waals surface area contributed by atoms with Crippen LogP contribution in [0.2, 0.25) is 0 Å². The molecular formula is C28H33N3O4S. The molecule has 0 heterocycles. The minimum Gasteiger partial charge on any atom is -0.352 e. The largest absolute Gasteiger partial charge is 0.352 e. The van der Waals surface area contributed by atoms with Crippen molar-refractivity contribution >= 4 is 33.2 Å². The maximum atomic E-state index is 13.7. The lowest BCUT2D eigenvalue weighted by Crippen LogP contribution is -2.39. The number of rotatable bonds is 9. The van der Waals surface area contributed by atoms with E-state index in [4.69, 9.17) is 0 Å². The normalized spacial score (nSPS) is 11.3. The van der Waals surface area contributed by atoms with Crippen LogP contribution in [0.5, 0.6) is 0 Å². The smallest absolute Gasteiger partial charge is 0.264 e. The molecule has 0 aliphatic rings. The average molecular weight is 508 g/mol. The van der Waals surface area contributed by atoms with Gasteiger partial charge in [0.25, 0.3) is 15.9 Å². The van der Waals surface area contributed by atoms with Gasteiger partial charge in [-0.3, -0.25) is 13.9 Å². The Bertz CT molecular complexity index is 1350. The van der Waals surface area contributed by atoms with Gasteiger partial charge in [0.15, 0.2) is 0 Å². The van der Waals surface area contributed by atoms with Gasteiger partial charge in [-0.2, -0.15) is 0 Å². The summed E-state index contributed by atoms with van der Waals surface area (Å²) in [6.45, 7) is 9.57. The van der Waals surface area contributed by atoms with Gasteiger partial charge in [-0.15, -0.1) is 0 Å². The number of anilines is 2. The topological polar surface area (TPSA) is 95.6 Å². The fourth-order valence-electron chi connectivity index (χ4n) is 3.63. The molecule has 0 fully saturated rings. The number of benzene rings is 3. The Kier molecular flexibility index (Phi) is 8.53.